The fourth-order valence-corrected chi connectivity index (χ4v) is 2.91. The van der Waals surface area contributed by atoms with Crippen molar-refractivity contribution in [3.05, 3.63) is 35.6 Å². The summed E-state index contributed by atoms with van der Waals surface area (Å²) in [6.45, 7) is 2.88. The van der Waals surface area contributed by atoms with Gasteiger partial charge in [0.1, 0.15) is 17.3 Å². The Balaban J connectivity index is 1.89. The fourth-order valence-electron chi connectivity index (χ4n) is 2.26. The van der Waals surface area contributed by atoms with Crippen molar-refractivity contribution < 1.29 is 8.94 Å². The van der Waals surface area contributed by atoms with Gasteiger partial charge in [0.25, 0.3) is 0 Å². The van der Waals surface area contributed by atoms with Gasteiger partial charge in [0, 0.05) is 17.7 Å². The van der Waals surface area contributed by atoms with Crippen LogP contribution in [0.2, 0.25) is 0 Å². The minimum Gasteiger partial charge on any atom is -0.609 e. The highest BCUT2D eigenvalue weighted by Gasteiger charge is 2.27. The van der Waals surface area contributed by atoms with Crippen LogP contribution in [0.25, 0.3) is 0 Å². The summed E-state index contributed by atoms with van der Waals surface area (Å²) < 4.78 is 24.9. The number of hydrogen-bond acceptors (Lipinski definition) is 6. The van der Waals surface area contributed by atoms with Crippen LogP contribution in [0.3, 0.4) is 0 Å². The molecule has 22 heavy (non-hydrogen) atoms. The van der Waals surface area contributed by atoms with Gasteiger partial charge in [0.05, 0.1) is 6.67 Å². The van der Waals surface area contributed by atoms with Gasteiger partial charge in [0.2, 0.25) is 0 Å². The molecule has 0 fully saturated rings. The Hall–Kier alpha value is -2.06. The Kier molecular flexibility index (Phi) is 4.04. The predicted molar refractivity (Wildman–Crippen MR) is 84.5 cm³/mol. The molecule has 1 aromatic carbocycles. The van der Waals surface area contributed by atoms with Crippen molar-refractivity contribution in [2.75, 3.05) is 28.4 Å². The molecule has 6 nitrogen and oxygen atoms in total. The lowest BCUT2D eigenvalue weighted by Gasteiger charge is -2.17. The molecule has 0 aliphatic carbocycles. The molecule has 1 aliphatic rings. The number of fused-ring (bicyclic) bond motifs is 1. The Morgan fingerprint density at radius 3 is 2.77 bits per heavy atom. The first-order valence-electron chi connectivity index (χ1n) is 6.87. The zero-order valence-corrected chi connectivity index (χ0v) is 12.9. The van der Waals surface area contributed by atoms with Gasteiger partial charge in [-0.05, 0) is 24.6 Å². The Labute approximate surface area is 130 Å². The number of anilines is 3. The van der Waals surface area contributed by atoms with Crippen LogP contribution in [0.4, 0.5) is 21.7 Å². The lowest BCUT2D eigenvalue weighted by molar-refractivity contribution is 0.587. The molecule has 1 atom stereocenters. The van der Waals surface area contributed by atoms with Gasteiger partial charge in [-0.25, -0.2) is 4.39 Å². The molecular formula is C14H16FN5OS. The molecular weight excluding hydrogens is 305 g/mol. The van der Waals surface area contributed by atoms with Crippen LogP contribution >= 0.6 is 0 Å². The Bertz CT molecular complexity index is 682. The van der Waals surface area contributed by atoms with Crippen LogP contribution in [0, 0.1) is 5.82 Å². The lowest BCUT2D eigenvalue weighted by Crippen LogP contribution is -2.23. The van der Waals surface area contributed by atoms with Gasteiger partial charge in [-0.15, -0.1) is 0 Å². The van der Waals surface area contributed by atoms with Crippen LogP contribution in [0.1, 0.15) is 12.5 Å². The number of nitrogens with zero attached hydrogens (tertiary/aromatic N) is 3. The highest BCUT2D eigenvalue weighted by Crippen LogP contribution is 2.35. The van der Waals surface area contributed by atoms with Crippen LogP contribution in [0.5, 0.6) is 0 Å². The van der Waals surface area contributed by atoms with E-state index in [9.17, 15) is 8.94 Å². The van der Waals surface area contributed by atoms with Crippen molar-refractivity contribution in [1.29, 1.82) is 0 Å². The van der Waals surface area contributed by atoms with E-state index in [0.29, 0.717) is 36.3 Å². The largest absolute Gasteiger partial charge is 0.609 e. The molecule has 1 aliphatic heterocycles. The van der Waals surface area contributed by atoms with Crippen molar-refractivity contribution in [1.82, 2.24) is 9.97 Å². The maximum absolute atomic E-state index is 13.0. The molecule has 1 aromatic heterocycles. The van der Waals surface area contributed by atoms with E-state index < -0.39 is 11.2 Å². The number of aromatic nitrogens is 2. The van der Waals surface area contributed by atoms with E-state index in [1.165, 1.54) is 12.1 Å². The first-order chi connectivity index (χ1) is 10.6. The molecule has 0 saturated carbocycles. The van der Waals surface area contributed by atoms with E-state index in [-0.39, 0.29) is 11.0 Å². The number of benzene rings is 1. The second-order valence-electron chi connectivity index (χ2n) is 4.88. The van der Waals surface area contributed by atoms with E-state index in [0.717, 1.165) is 5.56 Å². The number of nitrogen functional groups attached to an aromatic ring is 1. The topological polar surface area (TPSA) is 90.1 Å². The zero-order chi connectivity index (χ0) is 15.7. The molecule has 0 bridgehead atoms. The second kappa shape index (κ2) is 5.98. The monoisotopic (exact) mass is 321 g/mol. The van der Waals surface area contributed by atoms with Crippen molar-refractivity contribution in [3.63, 3.8) is 0 Å². The van der Waals surface area contributed by atoms with Crippen molar-refractivity contribution in [2.24, 2.45) is 0 Å². The fraction of sp³-hybridized carbons (Fsp3) is 0.286. The van der Waals surface area contributed by atoms with Gasteiger partial charge in [-0.1, -0.05) is 12.1 Å². The molecule has 0 amide bonds. The molecule has 116 valence electrons. The molecule has 2 aromatic rings. The maximum atomic E-state index is 13.0. The van der Waals surface area contributed by atoms with Gasteiger partial charge >= 0.3 is 5.16 Å². The third-order valence-corrected chi connectivity index (χ3v) is 4.51. The first kappa shape index (κ1) is 14.9. The van der Waals surface area contributed by atoms with Gasteiger partial charge in [0.15, 0.2) is 11.6 Å². The number of nitrogens with one attached hydrogen (secondary N) is 1. The highest BCUT2D eigenvalue weighted by molar-refractivity contribution is 7.91. The minimum absolute atomic E-state index is 0.242. The van der Waals surface area contributed by atoms with Crippen LogP contribution < -0.4 is 16.0 Å². The Morgan fingerprint density at radius 2 is 2.09 bits per heavy atom. The van der Waals surface area contributed by atoms with E-state index in [2.05, 4.69) is 15.3 Å². The molecule has 0 spiro atoms. The van der Waals surface area contributed by atoms with Crippen LogP contribution in [-0.4, -0.2) is 26.9 Å². The first-order valence-corrected chi connectivity index (χ1v) is 8.19. The third-order valence-electron chi connectivity index (χ3n) is 3.40. The molecule has 2 heterocycles. The summed E-state index contributed by atoms with van der Waals surface area (Å²) in [5.74, 6) is 1.09. The average molecular weight is 321 g/mol. The quantitative estimate of drug-likeness (QED) is 0.658. The SMILES string of the molecule is CC[S+]([O-])c1nc(N)c2c(n1)N(Cc1ccc(F)cc1)CN2. The molecule has 1 unspecified atom stereocenters. The summed E-state index contributed by atoms with van der Waals surface area (Å²) in [5, 5.41) is 3.38. The second-order valence-corrected chi connectivity index (χ2v) is 6.52. The van der Waals surface area contributed by atoms with Crippen LogP contribution in [-0.2, 0) is 17.7 Å². The number of nitrogens with two attached hydrogens (primary N) is 1. The standard InChI is InChI=1S/C14H16FN5OS/c1-2-22(21)14-18-12(16)11-13(19-14)20(8-17-11)7-9-3-5-10(15)6-4-9/h3-6,17H,2,7-8H2,1H3,(H2,16,18,19). The van der Waals surface area contributed by atoms with Gasteiger partial charge in [-0.3, -0.25) is 0 Å². The summed E-state index contributed by atoms with van der Waals surface area (Å²) in [5.41, 5.74) is 7.52. The smallest absolute Gasteiger partial charge is 0.346 e. The summed E-state index contributed by atoms with van der Waals surface area (Å²) in [7, 11) is 0. The highest BCUT2D eigenvalue weighted by atomic mass is 32.2. The average Bonchev–Trinajstić information content (AvgIpc) is 2.92. The summed E-state index contributed by atoms with van der Waals surface area (Å²) >= 11 is -1.26. The number of halogens is 1. The van der Waals surface area contributed by atoms with E-state index in [1.807, 2.05) is 4.90 Å². The minimum atomic E-state index is -1.26. The van der Waals surface area contributed by atoms with Crippen molar-refractivity contribution >= 4 is 28.5 Å². The maximum Gasteiger partial charge on any atom is 0.346 e. The van der Waals surface area contributed by atoms with Crippen molar-refractivity contribution in [3.8, 4) is 0 Å². The summed E-state index contributed by atoms with van der Waals surface area (Å²) in [6.07, 6.45) is 0. The molecule has 0 saturated heterocycles. The molecule has 0 radical (unpaired) electrons. The van der Waals surface area contributed by atoms with E-state index >= 15 is 0 Å². The van der Waals surface area contributed by atoms with Crippen LogP contribution in [0.15, 0.2) is 29.4 Å². The normalized spacial score (nSPS) is 14.6. The summed E-state index contributed by atoms with van der Waals surface area (Å²) in [6, 6.07) is 6.29. The van der Waals surface area contributed by atoms with E-state index in [4.69, 9.17) is 5.73 Å². The predicted octanol–water partition coefficient (Wildman–Crippen LogP) is 1.71. The lowest BCUT2D eigenvalue weighted by atomic mass is 10.2. The third kappa shape index (κ3) is 2.79. The molecule has 3 N–H and O–H groups in total. The number of hydrogen-bond donors (Lipinski definition) is 2. The van der Waals surface area contributed by atoms with Gasteiger partial charge in [-0.2, -0.15) is 9.97 Å². The molecule has 8 heteroatoms. The molecule has 3 rings (SSSR count). The Morgan fingerprint density at radius 1 is 1.36 bits per heavy atom. The zero-order valence-electron chi connectivity index (χ0n) is 12.0. The summed E-state index contributed by atoms with van der Waals surface area (Å²) in [4.78, 5) is 10.4. The van der Waals surface area contributed by atoms with E-state index in [1.54, 1.807) is 19.1 Å². The van der Waals surface area contributed by atoms with Gasteiger partial charge < -0.3 is 20.5 Å². The van der Waals surface area contributed by atoms with Crippen molar-refractivity contribution in [2.45, 2.75) is 18.6 Å². The number of rotatable bonds is 4.